The minimum absolute atomic E-state index is 0.0968. The fourth-order valence-corrected chi connectivity index (χ4v) is 11.3. The van der Waals surface area contributed by atoms with Gasteiger partial charge in [0, 0.05) is 48.7 Å². The van der Waals surface area contributed by atoms with Crippen molar-refractivity contribution in [1.29, 1.82) is 0 Å². The topological polar surface area (TPSA) is 101 Å². The van der Waals surface area contributed by atoms with Crippen molar-refractivity contribution in [1.82, 2.24) is 4.90 Å². The number of hydrogen-bond acceptors (Lipinski definition) is 9. The Bertz CT molecular complexity index is 1140. The highest BCUT2D eigenvalue weighted by molar-refractivity contribution is 5.70. The summed E-state index contributed by atoms with van der Waals surface area (Å²) < 4.78 is 30.9. The van der Waals surface area contributed by atoms with Gasteiger partial charge in [-0.2, -0.15) is 0 Å². The minimum Gasteiger partial charge on any atom is -0.465 e. The lowest BCUT2D eigenvalue weighted by molar-refractivity contribution is -0.213. The summed E-state index contributed by atoms with van der Waals surface area (Å²) in [5.74, 6) is 0.00478. The van der Waals surface area contributed by atoms with Crippen LogP contribution in [0.1, 0.15) is 227 Å². The van der Waals surface area contributed by atoms with Crippen LogP contribution in [-0.4, -0.2) is 81.8 Å². The van der Waals surface area contributed by atoms with Crippen LogP contribution in [0.2, 0.25) is 0 Å². The van der Waals surface area contributed by atoms with E-state index >= 15 is 0 Å². The fraction of sp³-hybridized carbons (Fsp3) is 0.941. The molecule has 9 nitrogen and oxygen atoms in total. The number of ether oxygens (including phenoxy) is 5. The average molecular weight is 848 g/mol. The Morgan fingerprint density at radius 1 is 0.483 bits per heavy atom. The molecule has 4 saturated carbocycles. The van der Waals surface area contributed by atoms with E-state index in [0.29, 0.717) is 58.2 Å². The smallest absolute Gasteiger partial charge is 0.305 e. The highest BCUT2D eigenvalue weighted by atomic mass is 16.7. The van der Waals surface area contributed by atoms with E-state index < -0.39 is 6.29 Å². The van der Waals surface area contributed by atoms with Gasteiger partial charge in [0.15, 0.2) is 6.29 Å². The van der Waals surface area contributed by atoms with E-state index in [1.54, 1.807) is 0 Å². The van der Waals surface area contributed by atoms with E-state index in [1.165, 1.54) is 83.5 Å². The molecule has 4 fully saturated rings. The summed E-state index contributed by atoms with van der Waals surface area (Å²) in [6.45, 7) is 16.3. The summed E-state index contributed by atoms with van der Waals surface area (Å²) in [6.07, 6.45) is 30.3. The standard InChI is InChI=1S/C51H93NO8/c1-6-11-14-17-20-21-24-28-45(53)58-41-49-35-44-36-50(38-49,42-59-46(54)29-27-32-52(9-4)10-5)40-51(37-44,39-49)43-60-47(55)30-31-48(56-33-25-22-18-15-12-7-2)57-34-26-23-19-16-13-8-3/h44,48H,6-43H2,1-5H3. The molecule has 4 atom stereocenters. The molecule has 350 valence electrons. The van der Waals surface area contributed by atoms with Crippen LogP contribution in [-0.2, 0) is 38.1 Å². The molecule has 0 N–H and O–H groups in total. The second-order valence-corrected chi connectivity index (χ2v) is 19.7. The van der Waals surface area contributed by atoms with Gasteiger partial charge in [0.05, 0.1) is 26.2 Å². The first-order chi connectivity index (χ1) is 29.1. The Hall–Kier alpha value is -1.71. The molecule has 0 saturated heterocycles. The maximum Gasteiger partial charge on any atom is 0.305 e. The lowest BCUT2D eigenvalue weighted by Crippen LogP contribution is -2.61. The molecule has 0 amide bonds. The van der Waals surface area contributed by atoms with E-state index in [1.807, 2.05) is 0 Å². The molecule has 4 rings (SSSR count). The van der Waals surface area contributed by atoms with Crippen LogP contribution in [0.4, 0.5) is 0 Å². The van der Waals surface area contributed by atoms with Crippen LogP contribution in [0.5, 0.6) is 0 Å². The fourth-order valence-electron chi connectivity index (χ4n) is 11.3. The van der Waals surface area contributed by atoms with Crippen molar-refractivity contribution >= 4 is 17.9 Å². The van der Waals surface area contributed by atoms with E-state index in [0.717, 1.165) is 103 Å². The molecule has 4 aliphatic rings. The molecule has 0 spiro atoms. The van der Waals surface area contributed by atoms with Gasteiger partial charge in [-0.15, -0.1) is 0 Å². The summed E-state index contributed by atoms with van der Waals surface area (Å²) >= 11 is 0. The highest BCUT2D eigenvalue weighted by Gasteiger charge is 2.64. The Labute approximate surface area is 368 Å². The first-order valence-electron chi connectivity index (χ1n) is 25.6. The number of carbonyl (C=O) groups is 3. The molecule has 4 unspecified atom stereocenters. The van der Waals surface area contributed by atoms with Crippen molar-refractivity contribution in [2.24, 2.45) is 22.2 Å². The summed E-state index contributed by atoms with van der Waals surface area (Å²) in [5.41, 5.74) is -0.584. The number of carbonyl (C=O) groups excluding carboxylic acids is 3. The van der Waals surface area contributed by atoms with Crippen LogP contribution in [0.25, 0.3) is 0 Å². The van der Waals surface area contributed by atoms with Gasteiger partial charge >= 0.3 is 17.9 Å². The summed E-state index contributed by atoms with van der Waals surface area (Å²) in [5, 5.41) is 0. The van der Waals surface area contributed by atoms with Crippen molar-refractivity contribution < 1.29 is 38.1 Å². The largest absolute Gasteiger partial charge is 0.465 e. The average Bonchev–Trinajstić information content (AvgIpc) is 3.23. The van der Waals surface area contributed by atoms with Crippen LogP contribution in [0.15, 0.2) is 0 Å². The Balaban J connectivity index is 1.59. The Kier molecular flexibility index (Phi) is 26.7. The van der Waals surface area contributed by atoms with Gasteiger partial charge in [0.2, 0.25) is 0 Å². The van der Waals surface area contributed by atoms with Crippen LogP contribution < -0.4 is 0 Å². The molecule has 60 heavy (non-hydrogen) atoms. The van der Waals surface area contributed by atoms with E-state index in [4.69, 9.17) is 23.7 Å². The molecular formula is C51H93NO8. The number of esters is 3. The third-order valence-electron chi connectivity index (χ3n) is 14.0. The van der Waals surface area contributed by atoms with Gasteiger partial charge in [0.1, 0.15) is 0 Å². The predicted molar refractivity (Wildman–Crippen MR) is 243 cm³/mol. The van der Waals surface area contributed by atoms with Crippen LogP contribution >= 0.6 is 0 Å². The summed E-state index contributed by atoms with van der Waals surface area (Å²) in [6, 6.07) is 0. The molecule has 9 heteroatoms. The van der Waals surface area contributed by atoms with Gasteiger partial charge < -0.3 is 28.6 Å². The number of unbranched alkanes of at least 4 members (excludes halogenated alkanes) is 16. The van der Waals surface area contributed by atoms with E-state index in [2.05, 4.69) is 39.5 Å². The SMILES string of the molecule is CCCCCCCCCC(=O)OCC12CC3CC(COC(=O)CCCN(CC)CC)(C1)CC(COC(=O)CCC(OCCCCCCCC)OCCCCCCCC)(C3)C2. The van der Waals surface area contributed by atoms with Gasteiger partial charge in [-0.1, -0.05) is 137 Å². The van der Waals surface area contributed by atoms with Crippen molar-refractivity contribution in [3.63, 3.8) is 0 Å². The second-order valence-electron chi connectivity index (χ2n) is 19.7. The zero-order valence-corrected chi connectivity index (χ0v) is 39.7. The van der Waals surface area contributed by atoms with Gasteiger partial charge in [-0.3, -0.25) is 14.4 Å². The van der Waals surface area contributed by atoms with Gasteiger partial charge in [-0.05, 0) is 89.8 Å². The lowest BCUT2D eigenvalue weighted by Gasteiger charge is -2.66. The summed E-state index contributed by atoms with van der Waals surface area (Å²) in [4.78, 5) is 42.0. The molecular weight excluding hydrogens is 755 g/mol. The van der Waals surface area contributed by atoms with E-state index in [9.17, 15) is 14.4 Å². The van der Waals surface area contributed by atoms with Gasteiger partial charge in [-0.25, -0.2) is 0 Å². The quantitative estimate of drug-likeness (QED) is 0.0259. The molecule has 0 aromatic carbocycles. The Morgan fingerprint density at radius 3 is 1.27 bits per heavy atom. The van der Waals surface area contributed by atoms with Crippen LogP contribution in [0.3, 0.4) is 0 Å². The lowest BCUT2D eigenvalue weighted by atomic mass is 9.40. The van der Waals surface area contributed by atoms with Crippen molar-refractivity contribution in [2.45, 2.75) is 234 Å². The number of rotatable bonds is 39. The molecule has 0 aromatic rings. The van der Waals surface area contributed by atoms with Crippen molar-refractivity contribution in [3.8, 4) is 0 Å². The Morgan fingerprint density at radius 2 is 0.850 bits per heavy atom. The molecule has 4 bridgehead atoms. The summed E-state index contributed by atoms with van der Waals surface area (Å²) in [7, 11) is 0. The van der Waals surface area contributed by atoms with E-state index in [-0.39, 0.29) is 40.6 Å². The molecule has 4 aliphatic carbocycles. The minimum atomic E-state index is -0.396. The molecule has 0 aliphatic heterocycles. The van der Waals surface area contributed by atoms with Crippen molar-refractivity contribution in [3.05, 3.63) is 0 Å². The first-order valence-corrected chi connectivity index (χ1v) is 25.6. The highest BCUT2D eigenvalue weighted by Crippen LogP contribution is 2.70. The third kappa shape index (κ3) is 20.6. The number of nitrogens with zero attached hydrogens (tertiary/aromatic N) is 1. The first kappa shape index (κ1) is 52.6. The van der Waals surface area contributed by atoms with Crippen molar-refractivity contribution in [2.75, 3.05) is 52.7 Å². The maximum absolute atomic E-state index is 13.5. The predicted octanol–water partition coefficient (Wildman–Crippen LogP) is 12.7. The third-order valence-corrected chi connectivity index (χ3v) is 14.0. The number of hydrogen-bond donors (Lipinski definition) is 0. The molecule has 0 heterocycles. The van der Waals surface area contributed by atoms with Gasteiger partial charge in [0.25, 0.3) is 0 Å². The maximum atomic E-state index is 13.5. The normalized spacial score (nSPS) is 23.1. The van der Waals surface area contributed by atoms with Crippen LogP contribution in [0, 0.1) is 22.2 Å². The molecule has 0 radical (unpaired) electrons. The second kappa shape index (κ2) is 30.4. The zero-order chi connectivity index (χ0) is 43.4. The monoisotopic (exact) mass is 848 g/mol. The molecule has 0 aromatic heterocycles. The zero-order valence-electron chi connectivity index (χ0n) is 39.7.